The van der Waals surface area contributed by atoms with E-state index in [-0.39, 0.29) is 24.4 Å². The molecule has 1 unspecified atom stereocenters. The summed E-state index contributed by atoms with van der Waals surface area (Å²) >= 11 is 0. The van der Waals surface area contributed by atoms with Gasteiger partial charge in [0.1, 0.15) is 55.9 Å². The molecule has 0 bridgehead atoms. The molecule has 0 saturated carbocycles. The van der Waals surface area contributed by atoms with Gasteiger partial charge >= 0.3 is 5.63 Å². The second-order valence-corrected chi connectivity index (χ2v) is 6.99. The van der Waals surface area contributed by atoms with Gasteiger partial charge in [-0.25, -0.2) is 4.79 Å². The number of aryl methyl sites for hydroxylation is 1. The van der Waals surface area contributed by atoms with E-state index in [1.807, 2.05) is 19.1 Å². The van der Waals surface area contributed by atoms with Crippen molar-refractivity contribution in [3.05, 3.63) is 40.2 Å². The van der Waals surface area contributed by atoms with Gasteiger partial charge in [-0.1, -0.05) is 0 Å². The lowest BCUT2D eigenvalue weighted by Crippen LogP contribution is -3.16. The number of fused-ring (bicyclic) bond motifs is 1. The smallest absolute Gasteiger partial charge is 0.336 e. The number of morpholine rings is 1. The predicted molar refractivity (Wildman–Crippen MR) is 94.3 cm³/mol. The standard InChI is InChI=1S/C19H25NO5/c1-12-6-19(22)25-18-7-16(4-5-17(12)18)23-11-15(21)10-20-8-13(2)24-14(3)9-20/h4-7,13-15,21H,8-11H2,1-3H3/p+1/t13-,14+,15-/m1/s1. The number of ether oxygens (including phenoxy) is 2. The molecule has 1 fully saturated rings. The van der Waals surface area contributed by atoms with Crippen LogP contribution in [0.5, 0.6) is 5.75 Å². The fraction of sp³-hybridized carbons (Fsp3) is 0.526. The number of aliphatic hydroxyl groups excluding tert-OH is 1. The Bertz CT molecular complexity index is 777. The van der Waals surface area contributed by atoms with Crippen LogP contribution in [0.4, 0.5) is 0 Å². The summed E-state index contributed by atoms with van der Waals surface area (Å²) in [6.07, 6.45) is -0.148. The van der Waals surface area contributed by atoms with Crippen LogP contribution < -0.4 is 15.3 Å². The van der Waals surface area contributed by atoms with Crippen molar-refractivity contribution in [1.29, 1.82) is 0 Å². The lowest BCUT2D eigenvalue weighted by atomic mass is 10.1. The first-order valence-electron chi connectivity index (χ1n) is 8.75. The molecule has 4 atom stereocenters. The van der Waals surface area contributed by atoms with Crippen LogP contribution in [0.15, 0.2) is 33.5 Å². The van der Waals surface area contributed by atoms with E-state index >= 15 is 0 Å². The van der Waals surface area contributed by atoms with Crippen LogP contribution in [0.25, 0.3) is 11.0 Å². The maximum atomic E-state index is 11.5. The first kappa shape index (κ1) is 17.9. The molecular weight excluding hydrogens is 322 g/mol. The lowest BCUT2D eigenvalue weighted by Gasteiger charge is -2.33. The van der Waals surface area contributed by atoms with Gasteiger partial charge in [-0.05, 0) is 38.5 Å². The maximum absolute atomic E-state index is 11.5. The molecule has 1 aromatic carbocycles. The Morgan fingerprint density at radius 3 is 2.72 bits per heavy atom. The van der Waals surface area contributed by atoms with Gasteiger partial charge in [0.05, 0.1) is 0 Å². The Balaban J connectivity index is 1.59. The van der Waals surface area contributed by atoms with Gasteiger partial charge in [0.25, 0.3) is 0 Å². The van der Waals surface area contributed by atoms with Gasteiger partial charge in [0.2, 0.25) is 0 Å². The number of benzene rings is 1. The first-order valence-corrected chi connectivity index (χ1v) is 8.75. The van der Waals surface area contributed by atoms with Gasteiger partial charge in [-0.15, -0.1) is 0 Å². The molecular formula is C19H26NO5+. The summed E-state index contributed by atoms with van der Waals surface area (Å²) in [6, 6.07) is 6.86. The normalized spacial score (nSPS) is 25.0. The maximum Gasteiger partial charge on any atom is 0.336 e. The Kier molecular flexibility index (Phi) is 5.42. The first-order chi connectivity index (χ1) is 11.9. The van der Waals surface area contributed by atoms with E-state index in [1.54, 1.807) is 6.07 Å². The van der Waals surface area contributed by atoms with Crippen molar-refractivity contribution in [2.75, 3.05) is 26.2 Å². The van der Waals surface area contributed by atoms with E-state index in [0.29, 0.717) is 17.9 Å². The second-order valence-electron chi connectivity index (χ2n) is 6.99. The third kappa shape index (κ3) is 4.60. The molecule has 2 heterocycles. The summed E-state index contributed by atoms with van der Waals surface area (Å²) in [5, 5.41) is 11.2. The molecule has 0 aliphatic carbocycles. The Morgan fingerprint density at radius 2 is 2.00 bits per heavy atom. The SMILES string of the molecule is Cc1cc(=O)oc2cc(OC[C@H](O)C[NH+]3C[C@@H](C)O[C@@H](C)C3)ccc12. The molecule has 6 heteroatoms. The third-order valence-corrected chi connectivity index (χ3v) is 4.51. The van der Waals surface area contributed by atoms with Crippen molar-refractivity contribution < 1.29 is 23.9 Å². The number of nitrogens with one attached hydrogen (secondary N) is 1. The summed E-state index contributed by atoms with van der Waals surface area (Å²) in [7, 11) is 0. The number of hydrogen-bond acceptors (Lipinski definition) is 5. The molecule has 0 amide bonds. The second kappa shape index (κ2) is 7.56. The zero-order valence-electron chi connectivity index (χ0n) is 15.0. The molecule has 0 spiro atoms. The van der Waals surface area contributed by atoms with Crippen molar-refractivity contribution in [2.45, 2.75) is 39.1 Å². The van der Waals surface area contributed by atoms with Crippen molar-refractivity contribution >= 4 is 11.0 Å². The van der Waals surface area contributed by atoms with Crippen molar-refractivity contribution in [2.24, 2.45) is 0 Å². The largest absolute Gasteiger partial charge is 0.491 e. The van der Waals surface area contributed by atoms with Crippen LogP contribution in [-0.4, -0.2) is 49.7 Å². The van der Waals surface area contributed by atoms with E-state index in [4.69, 9.17) is 13.9 Å². The van der Waals surface area contributed by atoms with Crippen molar-refractivity contribution in [3.8, 4) is 5.75 Å². The topological polar surface area (TPSA) is 73.3 Å². The molecule has 1 aliphatic heterocycles. The highest BCUT2D eigenvalue weighted by molar-refractivity contribution is 5.81. The summed E-state index contributed by atoms with van der Waals surface area (Å²) in [5.41, 5.74) is 0.997. The minimum Gasteiger partial charge on any atom is -0.491 e. The van der Waals surface area contributed by atoms with E-state index in [9.17, 15) is 9.90 Å². The quantitative estimate of drug-likeness (QED) is 0.772. The van der Waals surface area contributed by atoms with Gasteiger partial charge < -0.3 is 23.9 Å². The summed E-state index contributed by atoms with van der Waals surface area (Å²) in [5.74, 6) is 0.582. The number of hydrogen-bond donors (Lipinski definition) is 2. The predicted octanol–water partition coefficient (Wildman–Crippen LogP) is 0.533. The van der Waals surface area contributed by atoms with Gasteiger partial charge in [0.15, 0.2) is 0 Å². The average Bonchev–Trinajstić information content (AvgIpc) is 2.51. The highest BCUT2D eigenvalue weighted by Crippen LogP contribution is 2.22. The summed E-state index contributed by atoms with van der Waals surface area (Å²) in [4.78, 5) is 12.8. The monoisotopic (exact) mass is 348 g/mol. The van der Waals surface area contributed by atoms with Gasteiger partial charge in [-0.3, -0.25) is 0 Å². The lowest BCUT2D eigenvalue weighted by molar-refractivity contribution is -0.918. The van der Waals surface area contributed by atoms with Crippen molar-refractivity contribution in [3.63, 3.8) is 0 Å². The van der Waals surface area contributed by atoms with E-state index in [1.165, 1.54) is 11.0 Å². The minimum absolute atomic E-state index is 0.203. The van der Waals surface area contributed by atoms with E-state index < -0.39 is 6.10 Å². The minimum atomic E-state index is -0.562. The summed E-state index contributed by atoms with van der Waals surface area (Å²) < 4.78 is 16.6. The van der Waals surface area contributed by atoms with Crippen LogP contribution in [0.3, 0.4) is 0 Å². The van der Waals surface area contributed by atoms with Crippen LogP contribution in [-0.2, 0) is 4.74 Å². The molecule has 1 aromatic heterocycles. The Hall–Kier alpha value is -1.89. The van der Waals surface area contributed by atoms with E-state index in [2.05, 4.69) is 13.8 Å². The van der Waals surface area contributed by atoms with Crippen LogP contribution in [0, 0.1) is 6.92 Å². The number of aliphatic hydroxyl groups is 1. The Morgan fingerprint density at radius 1 is 1.28 bits per heavy atom. The molecule has 2 N–H and O–H groups in total. The zero-order chi connectivity index (χ0) is 18.0. The van der Waals surface area contributed by atoms with Crippen LogP contribution >= 0.6 is 0 Å². The number of rotatable bonds is 5. The van der Waals surface area contributed by atoms with Crippen LogP contribution in [0.1, 0.15) is 19.4 Å². The molecule has 1 saturated heterocycles. The molecule has 136 valence electrons. The molecule has 6 nitrogen and oxygen atoms in total. The Labute approximate surface area is 147 Å². The zero-order valence-corrected chi connectivity index (χ0v) is 15.0. The van der Waals surface area contributed by atoms with Gasteiger partial charge in [0, 0.05) is 17.5 Å². The summed E-state index contributed by atoms with van der Waals surface area (Å²) in [6.45, 7) is 8.60. The van der Waals surface area contributed by atoms with Crippen molar-refractivity contribution in [1.82, 2.24) is 0 Å². The fourth-order valence-electron chi connectivity index (χ4n) is 3.54. The highest BCUT2D eigenvalue weighted by atomic mass is 16.5. The molecule has 25 heavy (non-hydrogen) atoms. The number of quaternary nitrogens is 1. The molecule has 1 aliphatic rings. The average molecular weight is 348 g/mol. The molecule has 3 rings (SSSR count). The third-order valence-electron chi connectivity index (χ3n) is 4.51. The van der Waals surface area contributed by atoms with Crippen LogP contribution in [0.2, 0.25) is 0 Å². The fourth-order valence-corrected chi connectivity index (χ4v) is 3.54. The van der Waals surface area contributed by atoms with E-state index in [0.717, 1.165) is 24.0 Å². The van der Waals surface area contributed by atoms with Gasteiger partial charge in [-0.2, -0.15) is 0 Å². The molecule has 2 aromatic rings. The molecule has 0 radical (unpaired) electrons. The highest BCUT2D eigenvalue weighted by Gasteiger charge is 2.27.